The Morgan fingerprint density at radius 2 is 2.00 bits per heavy atom. The van der Waals surface area contributed by atoms with Crippen molar-refractivity contribution in [3.05, 3.63) is 35.7 Å². The van der Waals surface area contributed by atoms with E-state index in [1.54, 1.807) is 43.1 Å². The number of aromatic nitrogens is 3. The molecule has 124 valence electrons. The van der Waals surface area contributed by atoms with Crippen molar-refractivity contribution in [1.29, 1.82) is 0 Å². The van der Waals surface area contributed by atoms with E-state index in [9.17, 15) is 4.79 Å². The number of thioether (sulfide) groups is 1. The number of carbonyl (C=O) groups excluding carboxylic acids is 1. The fourth-order valence-electron chi connectivity index (χ4n) is 2.07. The molecule has 1 N–H and O–H groups in total. The molecule has 0 unspecified atom stereocenters. The molecule has 0 radical (unpaired) electrons. The highest BCUT2D eigenvalue weighted by Crippen LogP contribution is 2.21. The van der Waals surface area contributed by atoms with Crippen LogP contribution in [0.5, 0.6) is 5.75 Å². The number of hydrogen-bond acceptors (Lipinski definition) is 5. The monoisotopic (exact) mass is 334 g/mol. The lowest BCUT2D eigenvalue weighted by molar-refractivity contribution is 0.0949. The van der Waals surface area contributed by atoms with Crippen molar-refractivity contribution in [1.82, 2.24) is 20.1 Å². The molecule has 23 heavy (non-hydrogen) atoms. The third kappa shape index (κ3) is 4.48. The first-order valence-electron chi connectivity index (χ1n) is 7.56. The summed E-state index contributed by atoms with van der Waals surface area (Å²) in [6.07, 6.45) is 0. The largest absolute Gasteiger partial charge is 0.497 e. The van der Waals surface area contributed by atoms with Crippen LogP contribution in [-0.2, 0) is 13.1 Å². The number of ether oxygens (including phenoxy) is 1. The summed E-state index contributed by atoms with van der Waals surface area (Å²) >= 11 is 1.67. The molecule has 0 aliphatic rings. The maximum Gasteiger partial charge on any atom is 0.251 e. The molecule has 1 aromatic heterocycles. The van der Waals surface area contributed by atoms with E-state index >= 15 is 0 Å². The van der Waals surface area contributed by atoms with Crippen LogP contribution < -0.4 is 10.1 Å². The van der Waals surface area contributed by atoms with Crippen molar-refractivity contribution in [2.24, 2.45) is 0 Å². The summed E-state index contributed by atoms with van der Waals surface area (Å²) in [4.78, 5) is 12.2. The second-order valence-corrected chi connectivity index (χ2v) is 6.76. The standard InChI is InChI=1S/C16H22N4O2S/c1-5-20-14(18-19-16(20)23-11(2)3)10-17-15(21)12-6-8-13(22-4)9-7-12/h6-9,11H,5,10H2,1-4H3,(H,17,21). The molecule has 0 fully saturated rings. The van der Waals surface area contributed by atoms with Crippen LogP contribution in [0, 0.1) is 0 Å². The quantitative estimate of drug-likeness (QED) is 0.789. The Hall–Kier alpha value is -2.02. The molecule has 7 heteroatoms. The van der Waals surface area contributed by atoms with Crippen molar-refractivity contribution in [2.75, 3.05) is 7.11 Å². The minimum atomic E-state index is -0.142. The maximum atomic E-state index is 12.2. The highest BCUT2D eigenvalue weighted by Gasteiger charge is 2.14. The minimum Gasteiger partial charge on any atom is -0.497 e. The topological polar surface area (TPSA) is 69.0 Å². The van der Waals surface area contributed by atoms with E-state index in [2.05, 4.69) is 29.4 Å². The van der Waals surface area contributed by atoms with Gasteiger partial charge in [-0.1, -0.05) is 25.6 Å². The van der Waals surface area contributed by atoms with Gasteiger partial charge < -0.3 is 14.6 Å². The highest BCUT2D eigenvalue weighted by atomic mass is 32.2. The number of amides is 1. The maximum absolute atomic E-state index is 12.2. The van der Waals surface area contributed by atoms with Gasteiger partial charge in [-0.05, 0) is 31.2 Å². The summed E-state index contributed by atoms with van der Waals surface area (Å²) in [5.41, 5.74) is 0.588. The number of benzene rings is 1. The zero-order chi connectivity index (χ0) is 16.8. The molecule has 2 rings (SSSR count). The van der Waals surface area contributed by atoms with E-state index in [1.807, 2.05) is 11.5 Å². The molecular weight excluding hydrogens is 312 g/mol. The smallest absolute Gasteiger partial charge is 0.251 e. The summed E-state index contributed by atoms with van der Waals surface area (Å²) in [6, 6.07) is 7.00. The fraction of sp³-hybridized carbons (Fsp3) is 0.438. The Balaban J connectivity index is 2.02. The Morgan fingerprint density at radius 3 is 2.57 bits per heavy atom. The lowest BCUT2D eigenvalue weighted by Gasteiger charge is -2.09. The van der Waals surface area contributed by atoms with Crippen LogP contribution in [0.3, 0.4) is 0 Å². The lowest BCUT2D eigenvalue weighted by Crippen LogP contribution is -2.24. The predicted octanol–water partition coefficient (Wildman–Crippen LogP) is 2.74. The second kappa shape index (κ2) is 8.01. The van der Waals surface area contributed by atoms with Gasteiger partial charge in [-0.2, -0.15) is 0 Å². The number of methoxy groups -OCH3 is 1. The molecule has 1 aromatic carbocycles. The van der Waals surface area contributed by atoms with Gasteiger partial charge in [-0.25, -0.2) is 0 Å². The summed E-state index contributed by atoms with van der Waals surface area (Å²) in [7, 11) is 1.60. The number of rotatable bonds is 7. The molecule has 0 saturated heterocycles. The van der Waals surface area contributed by atoms with Gasteiger partial charge in [0.05, 0.1) is 13.7 Å². The normalized spacial score (nSPS) is 10.8. The first-order valence-corrected chi connectivity index (χ1v) is 8.44. The van der Waals surface area contributed by atoms with Crippen molar-refractivity contribution in [2.45, 2.75) is 44.3 Å². The summed E-state index contributed by atoms with van der Waals surface area (Å²) < 4.78 is 7.11. The number of hydrogen-bond donors (Lipinski definition) is 1. The minimum absolute atomic E-state index is 0.142. The molecular formula is C16H22N4O2S. The van der Waals surface area contributed by atoms with Crippen molar-refractivity contribution < 1.29 is 9.53 Å². The zero-order valence-electron chi connectivity index (χ0n) is 13.9. The molecule has 1 amide bonds. The van der Waals surface area contributed by atoms with Gasteiger partial charge >= 0.3 is 0 Å². The van der Waals surface area contributed by atoms with Crippen LogP contribution in [0.2, 0.25) is 0 Å². The van der Waals surface area contributed by atoms with Crippen LogP contribution >= 0.6 is 11.8 Å². The SMILES string of the molecule is CCn1c(CNC(=O)c2ccc(OC)cc2)nnc1SC(C)C. The van der Waals surface area contributed by atoms with Crippen LogP contribution in [0.4, 0.5) is 0 Å². The summed E-state index contributed by atoms with van der Waals surface area (Å²) in [6.45, 7) is 7.40. The Kier molecular flexibility index (Phi) is 6.04. The molecule has 0 bridgehead atoms. The third-order valence-electron chi connectivity index (χ3n) is 3.21. The van der Waals surface area contributed by atoms with Crippen LogP contribution in [0.1, 0.15) is 37.0 Å². The average Bonchev–Trinajstić information content (AvgIpc) is 2.93. The lowest BCUT2D eigenvalue weighted by atomic mass is 10.2. The molecule has 0 saturated carbocycles. The highest BCUT2D eigenvalue weighted by molar-refractivity contribution is 7.99. The molecule has 0 spiro atoms. The van der Waals surface area contributed by atoms with Crippen LogP contribution in [0.15, 0.2) is 29.4 Å². The van der Waals surface area contributed by atoms with Gasteiger partial charge in [-0.3, -0.25) is 4.79 Å². The van der Waals surface area contributed by atoms with Crippen molar-refractivity contribution in [3.63, 3.8) is 0 Å². The molecule has 2 aromatic rings. The van der Waals surface area contributed by atoms with E-state index in [-0.39, 0.29) is 5.91 Å². The van der Waals surface area contributed by atoms with E-state index in [0.717, 1.165) is 23.3 Å². The van der Waals surface area contributed by atoms with Crippen LogP contribution in [0.25, 0.3) is 0 Å². The van der Waals surface area contributed by atoms with E-state index in [4.69, 9.17) is 4.74 Å². The van der Waals surface area contributed by atoms with E-state index in [1.165, 1.54) is 0 Å². The van der Waals surface area contributed by atoms with Gasteiger partial charge in [-0.15, -0.1) is 10.2 Å². The van der Waals surface area contributed by atoms with E-state index < -0.39 is 0 Å². The molecule has 6 nitrogen and oxygen atoms in total. The van der Waals surface area contributed by atoms with Crippen molar-refractivity contribution in [3.8, 4) is 5.75 Å². The third-order valence-corrected chi connectivity index (χ3v) is 4.19. The molecule has 0 atom stereocenters. The Bertz CT molecular complexity index is 653. The Morgan fingerprint density at radius 1 is 1.30 bits per heavy atom. The molecule has 0 aliphatic carbocycles. The van der Waals surface area contributed by atoms with Gasteiger partial charge in [0.2, 0.25) is 0 Å². The van der Waals surface area contributed by atoms with Crippen molar-refractivity contribution >= 4 is 17.7 Å². The fourth-order valence-corrected chi connectivity index (χ4v) is 2.94. The average molecular weight is 334 g/mol. The summed E-state index contributed by atoms with van der Waals surface area (Å²) in [5.74, 6) is 1.34. The Labute approximate surface area is 140 Å². The molecule has 0 aliphatic heterocycles. The van der Waals surface area contributed by atoms with Gasteiger partial charge in [0.25, 0.3) is 5.91 Å². The zero-order valence-corrected chi connectivity index (χ0v) is 14.7. The predicted molar refractivity (Wildman–Crippen MR) is 90.9 cm³/mol. The number of nitrogens with one attached hydrogen (secondary N) is 1. The first kappa shape index (κ1) is 17.3. The van der Waals surface area contributed by atoms with E-state index in [0.29, 0.717) is 17.4 Å². The van der Waals surface area contributed by atoms with Gasteiger partial charge in [0, 0.05) is 17.4 Å². The number of nitrogens with zero attached hydrogens (tertiary/aromatic N) is 3. The summed E-state index contributed by atoms with van der Waals surface area (Å²) in [5, 5.41) is 12.6. The van der Waals surface area contributed by atoms with Crippen LogP contribution in [-0.4, -0.2) is 33.0 Å². The molecule has 1 heterocycles. The first-order chi connectivity index (χ1) is 11.0. The second-order valence-electron chi connectivity index (χ2n) is 5.22. The van der Waals surface area contributed by atoms with Gasteiger partial charge in [0.1, 0.15) is 5.75 Å². The van der Waals surface area contributed by atoms with Gasteiger partial charge in [0.15, 0.2) is 11.0 Å². The number of carbonyl (C=O) groups is 1.